The molecular formula is C16H21N3O2S. The van der Waals surface area contributed by atoms with E-state index in [1.54, 1.807) is 6.08 Å². The monoisotopic (exact) mass is 319 g/mol. The number of primary sulfonamides is 1. The van der Waals surface area contributed by atoms with Crippen molar-refractivity contribution >= 4 is 27.0 Å². The van der Waals surface area contributed by atoms with E-state index in [0.29, 0.717) is 5.92 Å². The first kappa shape index (κ1) is 15.3. The maximum Gasteiger partial charge on any atom is 0.231 e. The maximum absolute atomic E-state index is 11.0. The summed E-state index contributed by atoms with van der Waals surface area (Å²) in [7, 11) is -1.44. The Morgan fingerprint density at radius 3 is 2.73 bits per heavy atom. The number of likely N-dealkylation sites (tertiary alicyclic amines) is 1. The number of hydrogen-bond donors (Lipinski definition) is 2. The lowest BCUT2D eigenvalue weighted by Gasteiger charge is -2.28. The largest absolute Gasteiger partial charge is 0.361 e. The first-order valence-corrected chi connectivity index (χ1v) is 9.04. The molecule has 118 valence electrons. The van der Waals surface area contributed by atoms with Crippen molar-refractivity contribution in [2.45, 2.75) is 18.8 Å². The van der Waals surface area contributed by atoms with Crippen LogP contribution in [0.2, 0.25) is 0 Å². The van der Waals surface area contributed by atoms with E-state index in [1.165, 1.54) is 10.9 Å². The maximum atomic E-state index is 11.0. The number of H-pyrrole nitrogens is 1. The van der Waals surface area contributed by atoms with E-state index in [2.05, 4.69) is 23.1 Å². The van der Waals surface area contributed by atoms with Gasteiger partial charge in [0.15, 0.2) is 0 Å². The molecule has 0 saturated carbocycles. The number of fused-ring (bicyclic) bond motifs is 1. The van der Waals surface area contributed by atoms with Crippen molar-refractivity contribution in [3.05, 3.63) is 40.9 Å². The second-order valence-electron chi connectivity index (χ2n) is 6.02. The van der Waals surface area contributed by atoms with E-state index in [9.17, 15) is 8.42 Å². The van der Waals surface area contributed by atoms with Crippen molar-refractivity contribution in [1.29, 1.82) is 0 Å². The summed E-state index contributed by atoms with van der Waals surface area (Å²) in [5, 5.41) is 7.22. The first-order chi connectivity index (χ1) is 10.4. The van der Waals surface area contributed by atoms with E-state index < -0.39 is 10.0 Å². The van der Waals surface area contributed by atoms with Crippen molar-refractivity contribution in [3.8, 4) is 0 Å². The minimum atomic E-state index is -3.59. The lowest BCUT2D eigenvalue weighted by molar-refractivity contribution is 0.256. The third-order valence-corrected chi connectivity index (χ3v) is 4.86. The lowest BCUT2D eigenvalue weighted by Crippen LogP contribution is -2.29. The summed E-state index contributed by atoms with van der Waals surface area (Å²) in [6, 6.07) is 5.90. The number of aromatic nitrogens is 1. The van der Waals surface area contributed by atoms with Gasteiger partial charge >= 0.3 is 0 Å². The fourth-order valence-corrected chi connectivity index (χ4v) is 3.44. The summed E-state index contributed by atoms with van der Waals surface area (Å²) in [5.74, 6) is 0.558. The molecule has 1 aliphatic rings. The van der Waals surface area contributed by atoms with E-state index >= 15 is 0 Å². The highest BCUT2D eigenvalue weighted by molar-refractivity contribution is 7.92. The van der Waals surface area contributed by atoms with Crippen LogP contribution in [0.4, 0.5) is 0 Å². The molecule has 3 N–H and O–H groups in total. The molecule has 22 heavy (non-hydrogen) atoms. The Labute approximate surface area is 130 Å². The number of benzene rings is 1. The van der Waals surface area contributed by atoms with Crippen LogP contribution in [0.1, 0.15) is 29.9 Å². The van der Waals surface area contributed by atoms with Crippen molar-refractivity contribution in [2.75, 3.05) is 20.1 Å². The molecule has 1 saturated heterocycles. The summed E-state index contributed by atoms with van der Waals surface area (Å²) in [6.07, 6.45) is 5.94. The predicted octanol–water partition coefficient (Wildman–Crippen LogP) is 2.24. The van der Waals surface area contributed by atoms with Gasteiger partial charge in [0.25, 0.3) is 0 Å². The third kappa shape index (κ3) is 3.40. The SMILES string of the molecule is CN1CCC(c2c[nH]c3ccc(C=CS(N)(=O)=O)cc23)CC1. The number of nitrogens with two attached hydrogens (primary N) is 1. The zero-order valence-electron chi connectivity index (χ0n) is 12.6. The van der Waals surface area contributed by atoms with Gasteiger partial charge in [-0.15, -0.1) is 0 Å². The van der Waals surface area contributed by atoms with Crippen LogP contribution < -0.4 is 5.14 Å². The van der Waals surface area contributed by atoms with Crippen LogP contribution in [0.25, 0.3) is 17.0 Å². The second kappa shape index (κ2) is 5.87. The second-order valence-corrected chi connectivity index (χ2v) is 7.47. The van der Waals surface area contributed by atoms with Crippen molar-refractivity contribution in [3.63, 3.8) is 0 Å². The zero-order valence-corrected chi connectivity index (χ0v) is 13.4. The molecule has 2 heterocycles. The lowest BCUT2D eigenvalue weighted by atomic mass is 9.89. The van der Waals surface area contributed by atoms with Gasteiger partial charge in [-0.05, 0) is 68.2 Å². The molecule has 0 aliphatic carbocycles. The molecule has 0 unspecified atom stereocenters. The van der Waals surface area contributed by atoms with Crippen LogP contribution in [-0.2, 0) is 10.0 Å². The van der Waals surface area contributed by atoms with Gasteiger partial charge in [0.1, 0.15) is 0 Å². The highest BCUT2D eigenvalue weighted by Gasteiger charge is 2.20. The third-order valence-electron chi connectivity index (χ3n) is 4.35. The molecule has 0 bridgehead atoms. The molecule has 0 amide bonds. The molecule has 2 aromatic rings. The molecule has 0 radical (unpaired) electrons. The quantitative estimate of drug-likeness (QED) is 0.910. The molecule has 6 heteroatoms. The van der Waals surface area contributed by atoms with Gasteiger partial charge in [-0.2, -0.15) is 0 Å². The molecule has 3 rings (SSSR count). The van der Waals surface area contributed by atoms with Gasteiger partial charge in [-0.3, -0.25) is 0 Å². The minimum absolute atomic E-state index is 0.558. The number of nitrogens with one attached hydrogen (secondary N) is 1. The number of aromatic amines is 1. The standard InChI is InChI=1S/C16H21N3O2S/c1-19-7-4-13(5-8-19)15-11-18-16-3-2-12(10-14(15)16)6-9-22(17,20)21/h2-3,6,9-11,13,18H,4-5,7-8H2,1H3,(H2,17,20,21). The first-order valence-electron chi connectivity index (χ1n) is 7.43. The van der Waals surface area contributed by atoms with Crippen LogP contribution in [0.3, 0.4) is 0 Å². The fraction of sp³-hybridized carbons (Fsp3) is 0.375. The molecule has 1 aliphatic heterocycles. The highest BCUT2D eigenvalue weighted by Crippen LogP contribution is 2.33. The number of rotatable bonds is 3. The highest BCUT2D eigenvalue weighted by atomic mass is 32.2. The van der Waals surface area contributed by atoms with Crippen LogP contribution in [0.5, 0.6) is 0 Å². The van der Waals surface area contributed by atoms with Crippen LogP contribution in [0.15, 0.2) is 29.8 Å². The van der Waals surface area contributed by atoms with E-state index in [-0.39, 0.29) is 0 Å². The molecule has 1 aromatic carbocycles. The Morgan fingerprint density at radius 1 is 1.32 bits per heavy atom. The van der Waals surface area contributed by atoms with Crippen LogP contribution in [-0.4, -0.2) is 38.4 Å². The van der Waals surface area contributed by atoms with Gasteiger partial charge in [-0.25, -0.2) is 13.6 Å². The average Bonchev–Trinajstić information content (AvgIpc) is 2.88. The molecule has 5 nitrogen and oxygen atoms in total. The minimum Gasteiger partial charge on any atom is -0.361 e. The molecule has 0 spiro atoms. The summed E-state index contributed by atoms with van der Waals surface area (Å²) in [5.41, 5.74) is 3.26. The molecule has 1 aromatic heterocycles. The van der Waals surface area contributed by atoms with Crippen LogP contribution in [0, 0.1) is 0 Å². The summed E-state index contributed by atoms with van der Waals surface area (Å²) in [6.45, 7) is 2.23. The fourth-order valence-electron chi connectivity index (χ4n) is 3.09. The zero-order chi connectivity index (χ0) is 15.7. The van der Waals surface area contributed by atoms with Crippen molar-refractivity contribution in [2.24, 2.45) is 5.14 Å². The van der Waals surface area contributed by atoms with Gasteiger partial charge in [0.05, 0.1) is 0 Å². The summed E-state index contributed by atoms with van der Waals surface area (Å²) in [4.78, 5) is 5.67. The van der Waals surface area contributed by atoms with Gasteiger partial charge < -0.3 is 9.88 Å². The Hall–Kier alpha value is -1.63. The Morgan fingerprint density at radius 2 is 2.05 bits per heavy atom. The summed E-state index contributed by atoms with van der Waals surface area (Å²) >= 11 is 0. The van der Waals surface area contributed by atoms with Gasteiger partial charge in [0, 0.05) is 22.5 Å². The Bertz CT molecular complexity index is 800. The number of piperidine rings is 1. The Kier molecular flexibility index (Phi) is 4.08. The number of sulfonamides is 1. The van der Waals surface area contributed by atoms with Gasteiger partial charge in [0.2, 0.25) is 10.0 Å². The van der Waals surface area contributed by atoms with Crippen molar-refractivity contribution < 1.29 is 8.42 Å². The molecular weight excluding hydrogens is 298 g/mol. The topological polar surface area (TPSA) is 79.2 Å². The van der Waals surface area contributed by atoms with E-state index in [1.807, 2.05) is 18.2 Å². The average molecular weight is 319 g/mol. The molecule has 0 atom stereocenters. The summed E-state index contributed by atoms with van der Waals surface area (Å²) < 4.78 is 22.1. The van der Waals surface area contributed by atoms with Crippen molar-refractivity contribution in [1.82, 2.24) is 9.88 Å². The normalized spacial score (nSPS) is 18.5. The van der Waals surface area contributed by atoms with Crippen LogP contribution >= 0.6 is 0 Å². The molecule has 1 fully saturated rings. The van der Waals surface area contributed by atoms with Gasteiger partial charge in [-0.1, -0.05) is 6.07 Å². The van der Waals surface area contributed by atoms with E-state index in [0.717, 1.165) is 42.4 Å². The number of hydrogen-bond acceptors (Lipinski definition) is 3. The number of nitrogens with zero attached hydrogens (tertiary/aromatic N) is 1. The predicted molar refractivity (Wildman–Crippen MR) is 89.9 cm³/mol. The van der Waals surface area contributed by atoms with E-state index in [4.69, 9.17) is 5.14 Å². The Balaban J connectivity index is 1.93. The smallest absolute Gasteiger partial charge is 0.231 e.